The van der Waals surface area contributed by atoms with Crippen LogP contribution in [0.4, 0.5) is 34.1 Å². The van der Waals surface area contributed by atoms with Crippen molar-refractivity contribution in [2.75, 3.05) is 31.7 Å². The van der Waals surface area contributed by atoms with E-state index < -0.39 is 4.92 Å². The number of aryl methyl sites for hydroxylation is 2. The maximum Gasteiger partial charge on any atom is 0.296 e. The number of nitro groups is 1. The number of benzene rings is 3. The zero-order chi connectivity index (χ0) is 28.6. The Hall–Kier alpha value is -4.18. The highest BCUT2D eigenvalue weighted by molar-refractivity contribution is 5.64. The summed E-state index contributed by atoms with van der Waals surface area (Å²) in [5.41, 5.74) is 4.31. The lowest BCUT2D eigenvalue weighted by Crippen LogP contribution is -2.30. The fourth-order valence-electron chi connectivity index (χ4n) is 3.76. The number of hydrogen-bond donors (Lipinski definition) is 0. The highest BCUT2D eigenvalue weighted by Gasteiger charge is 2.15. The number of rotatable bonds is 11. The predicted octanol–water partition coefficient (Wildman–Crippen LogP) is 8.69. The minimum absolute atomic E-state index is 0.0971. The Labute approximate surface area is 229 Å². The van der Waals surface area contributed by atoms with E-state index >= 15 is 0 Å². The third-order valence-corrected chi connectivity index (χ3v) is 5.86. The third-order valence-electron chi connectivity index (χ3n) is 5.86. The predicted molar refractivity (Wildman–Crippen MR) is 154 cm³/mol. The minimum Gasteiger partial charge on any atom is -0.494 e. The number of hydrogen-bond acceptors (Lipinski definition) is 9. The Morgan fingerprint density at radius 3 is 2.18 bits per heavy atom. The molecule has 206 valence electrons. The van der Waals surface area contributed by atoms with Crippen LogP contribution in [0.2, 0.25) is 0 Å². The van der Waals surface area contributed by atoms with Crippen LogP contribution in [0.25, 0.3) is 0 Å². The van der Waals surface area contributed by atoms with Gasteiger partial charge in [0.25, 0.3) is 5.69 Å². The second kappa shape index (κ2) is 13.1. The fourth-order valence-corrected chi connectivity index (χ4v) is 3.76. The van der Waals surface area contributed by atoms with E-state index in [4.69, 9.17) is 9.47 Å². The van der Waals surface area contributed by atoms with Gasteiger partial charge in [-0.25, -0.2) is 0 Å². The Kier molecular flexibility index (Phi) is 9.84. The number of methoxy groups -OCH3 is 1. The van der Waals surface area contributed by atoms with Crippen molar-refractivity contribution in [1.82, 2.24) is 0 Å². The molecular formula is C29H36N6O4. The SMILES string of the molecule is CCN(CCOC(C)(C)C)c1ccc(/N=N/c2cc(C)c(/N=N/c3ccc(C)cc3[N+](=O)[O-])cc2OC)cc1. The van der Waals surface area contributed by atoms with Crippen molar-refractivity contribution in [2.45, 2.75) is 47.1 Å². The first-order valence-electron chi connectivity index (χ1n) is 12.8. The topological polar surface area (TPSA) is 114 Å². The van der Waals surface area contributed by atoms with Crippen LogP contribution in [0.3, 0.4) is 0 Å². The van der Waals surface area contributed by atoms with E-state index in [9.17, 15) is 10.1 Å². The molecule has 3 aromatic rings. The lowest BCUT2D eigenvalue weighted by molar-refractivity contribution is -0.384. The molecule has 0 saturated heterocycles. The van der Waals surface area contributed by atoms with Crippen molar-refractivity contribution < 1.29 is 14.4 Å². The van der Waals surface area contributed by atoms with Crippen LogP contribution >= 0.6 is 0 Å². The number of ether oxygens (including phenoxy) is 2. The Balaban J connectivity index is 1.76. The molecule has 0 bridgehead atoms. The molecule has 10 heteroatoms. The van der Waals surface area contributed by atoms with Crippen LogP contribution in [0.15, 0.2) is 75.1 Å². The maximum atomic E-state index is 11.4. The number of nitro benzene ring substituents is 1. The van der Waals surface area contributed by atoms with Crippen molar-refractivity contribution in [3.05, 3.63) is 75.8 Å². The van der Waals surface area contributed by atoms with Crippen LogP contribution in [0, 0.1) is 24.0 Å². The van der Waals surface area contributed by atoms with Gasteiger partial charge in [0.05, 0.1) is 35.6 Å². The summed E-state index contributed by atoms with van der Waals surface area (Å²) >= 11 is 0. The lowest BCUT2D eigenvalue weighted by atomic mass is 10.1. The van der Waals surface area contributed by atoms with Gasteiger partial charge < -0.3 is 14.4 Å². The Morgan fingerprint density at radius 2 is 1.56 bits per heavy atom. The number of azo groups is 2. The third kappa shape index (κ3) is 8.41. The second-order valence-electron chi connectivity index (χ2n) is 10.0. The molecule has 0 aromatic heterocycles. The van der Waals surface area contributed by atoms with Crippen LogP contribution in [-0.2, 0) is 4.74 Å². The molecule has 0 aliphatic carbocycles. The van der Waals surface area contributed by atoms with Gasteiger partial charge in [-0.15, -0.1) is 15.3 Å². The molecule has 0 heterocycles. The van der Waals surface area contributed by atoms with Crippen molar-refractivity contribution in [2.24, 2.45) is 20.5 Å². The van der Waals surface area contributed by atoms with Gasteiger partial charge in [-0.3, -0.25) is 10.1 Å². The Morgan fingerprint density at radius 1 is 0.897 bits per heavy atom. The summed E-state index contributed by atoms with van der Waals surface area (Å²) in [5.74, 6) is 0.462. The Bertz CT molecular complexity index is 1350. The van der Waals surface area contributed by atoms with E-state index in [1.54, 1.807) is 31.2 Å². The minimum atomic E-state index is -0.466. The summed E-state index contributed by atoms with van der Waals surface area (Å²) in [4.78, 5) is 13.2. The molecule has 0 aliphatic rings. The van der Waals surface area contributed by atoms with E-state index in [2.05, 4.69) is 53.1 Å². The highest BCUT2D eigenvalue weighted by Crippen LogP contribution is 2.37. The van der Waals surface area contributed by atoms with Gasteiger partial charge in [-0.2, -0.15) is 5.11 Å². The normalized spacial score (nSPS) is 11.9. The molecule has 3 aromatic carbocycles. The van der Waals surface area contributed by atoms with Crippen LogP contribution < -0.4 is 9.64 Å². The van der Waals surface area contributed by atoms with Gasteiger partial charge >= 0.3 is 0 Å². The molecule has 0 spiro atoms. The van der Waals surface area contributed by atoms with Gasteiger partial charge in [-0.05, 0) is 89.1 Å². The molecule has 0 fully saturated rings. The van der Waals surface area contributed by atoms with Gasteiger partial charge in [0.1, 0.15) is 11.4 Å². The zero-order valence-corrected chi connectivity index (χ0v) is 23.6. The number of anilines is 1. The van der Waals surface area contributed by atoms with Crippen LogP contribution in [0.5, 0.6) is 5.75 Å². The molecule has 0 N–H and O–H groups in total. The van der Waals surface area contributed by atoms with Gasteiger partial charge in [-0.1, -0.05) is 6.07 Å². The standard InChI is InChI=1S/C29H36N6O4/c1-8-34(15-16-39-29(4,5)6)23-12-10-22(11-13-23)30-33-26-18-21(3)25(19-28(26)38-7)32-31-24-14-9-20(2)17-27(24)35(36)37/h9-14,17-19H,8,15-16H2,1-7H3/b32-31+,33-30+. The van der Waals surface area contributed by atoms with Gasteiger partial charge in [0.15, 0.2) is 5.69 Å². The van der Waals surface area contributed by atoms with Crippen molar-refractivity contribution in [1.29, 1.82) is 0 Å². The zero-order valence-electron chi connectivity index (χ0n) is 23.6. The van der Waals surface area contributed by atoms with E-state index in [1.165, 1.54) is 13.2 Å². The molecule has 0 saturated carbocycles. The quantitative estimate of drug-likeness (QED) is 0.139. The maximum absolute atomic E-state index is 11.4. The van der Waals surface area contributed by atoms with Crippen molar-refractivity contribution in [3.8, 4) is 5.75 Å². The first-order chi connectivity index (χ1) is 18.5. The summed E-state index contributed by atoms with van der Waals surface area (Å²) < 4.78 is 11.4. The molecular weight excluding hydrogens is 496 g/mol. The monoisotopic (exact) mass is 532 g/mol. The van der Waals surface area contributed by atoms with E-state index in [1.807, 2.05) is 31.2 Å². The number of likely N-dealkylation sites (N-methyl/N-ethyl adjacent to an activating group) is 1. The summed E-state index contributed by atoms with van der Waals surface area (Å²) in [5, 5.41) is 28.5. The first kappa shape index (κ1) is 29.4. The summed E-state index contributed by atoms with van der Waals surface area (Å²) in [6.45, 7) is 14.2. The summed E-state index contributed by atoms with van der Waals surface area (Å²) in [7, 11) is 1.53. The molecule has 0 radical (unpaired) electrons. The largest absolute Gasteiger partial charge is 0.494 e. The molecule has 0 atom stereocenters. The lowest BCUT2D eigenvalue weighted by Gasteiger charge is -2.26. The molecule has 10 nitrogen and oxygen atoms in total. The average molecular weight is 533 g/mol. The van der Waals surface area contributed by atoms with Gasteiger partial charge in [0.2, 0.25) is 0 Å². The smallest absolute Gasteiger partial charge is 0.296 e. The summed E-state index contributed by atoms with van der Waals surface area (Å²) in [6.07, 6.45) is 0. The molecule has 0 amide bonds. The van der Waals surface area contributed by atoms with Gasteiger partial charge in [0, 0.05) is 30.9 Å². The highest BCUT2D eigenvalue weighted by atomic mass is 16.6. The average Bonchev–Trinajstić information content (AvgIpc) is 2.89. The van der Waals surface area contributed by atoms with Crippen molar-refractivity contribution >= 4 is 34.1 Å². The van der Waals surface area contributed by atoms with Crippen LogP contribution in [-0.4, -0.2) is 37.3 Å². The number of nitrogens with zero attached hydrogens (tertiary/aromatic N) is 6. The van der Waals surface area contributed by atoms with E-state index in [0.717, 1.165) is 29.9 Å². The van der Waals surface area contributed by atoms with E-state index in [0.29, 0.717) is 29.4 Å². The molecule has 3 rings (SSSR count). The van der Waals surface area contributed by atoms with Crippen LogP contribution in [0.1, 0.15) is 38.8 Å². The second-order valence-corrected chi connectivity index (χ2v) is 10.0. The van der Waals surface area contributed by atoms with E-state index in [-0.39, 0.29) is 17.0 Å². The molecule has 0 aliphatic heterocycles. The molecule has 0 unspecified atom stereocenters. The van der Waals surface area contributed by atoms with Crippen molar-refractivity contribution in [3.63, 3.8) is 0 Å². The fraction of sp³-hybridized carbons (Fsp3) is 0.379. The summed E-state index contributed by atoms with van der Waals surface area (Å²) in [6, 6.07) is 16.2. The first-order valence-corrected chi connectivity index (χ1v) is 12.8. The molecule has 39 heavy (non-hydrogen) atoms.